The maximum Gasteiger partial charge on any atom is 0.281 e. The summed E-state index contributed by atoms with van der Waals surface area (Å²) in [6.45, 7) is 3.79. The van der Waals surface area contributed by atoms with Crippen LogP contribution in [0.2, 0.25) is 0 Å². The minimum Gasteiger partial charge on any atom is -0.464 e. The molecule has 0 saturated carbocycles. The van der Waals surface area contributed by atoms with Crippen LogP contribution in [-0.2, 0) is 16.1 Å². The standard InChI is InChI=1S/C18H19N3O3/c1-12-7-4-5-8-13(12)11-20-16(22)18(2)17(23)21(3)15-14(24-18)9-6-10-19-15/h4-10H,11H2,1-3H3,(H,20,22). The Labute approximate surface area is 140 Å². The van der Waals surface area contributed by atoms with Crippen LogP contribution in [0.25, 0.3) is 0 Å². The third-order valence-corrected chi connectivity index (χ3v) is 4.23. The van der Waals surface area contributed by atoms with Gasteiger partial charge in [0.2, 0.25) is 0 Å². The quantitative estimate of drug-likeness (QED) is 0.874. The van der Waals surface area contributed by atoms with Crippen LogP contribution in [0.3, 0.4) is 0 Å². The number of rotatable bonds is 3. The first-order chi connectivity index (χ1) is 11.4. The van der Waals surface area contributed by atoms with E-state index in [9.17, 15) is 9.59 Å². The molecule has 1 N–H and O–H groups in total. The molecule has 2 aromatic rings. The van der Waals surface area contributed by atoms with E-state index in [1.165, 1.54) is 11.8 Å². The van der Waals surface area contributed by atoms with Crippen LogP contribution in [-0.4, -0.2) is 29.4 Å². The zero-order valence-electron chi connectivity index (χ0n) is 13.9. The first-order valence-electron chi connectivity index (χ1n) is 7.68. The molecule has 0 saturated heterocycles. The molecule has 1 aromatic heterocycles. The second-order valence-corrected chi connectivity index (χ2v) is 5.93. The van der Waals surface area contributed by atoms with Gasteiger partial charge < -0.3 is 10.1 Å². The van der Waals surface area contributed by atoms with Crippen molar-refractivity contribution in [3.63, 3.8) is 0 Å². The Morgan fingerprint density at radius 2 is 2.04 bits per heavy atom. The van der Waals surface area contributed by atoms with E-state index in [0.29, 0.717) is 18.1 Å². The number of amides is 2. The third-order valence-electron chi connectivity index (χ3n) is 4.23. The fraction of sp³-hybridized carbons (Fsp3) is 0.278. The van der Waals surface area contributed by atoms with Crippen molar-refractivity contribution < 1.29 is 14.3 Å². The van der Waals surface area contributed by atoms with Gasteiger partial charge in [-0.1, -0.05) is 24.3 Å². The average Bonchev–Trinajstić information content (AvgIpc) is 2.59. The number of hydrogen-bond acceptors (Lipinski definition) is 4. The predicted molar refractivity (Wildman–Crippen MR) is 89.7 cm³/mol. The van der Waals surface area contributed by atoms with Crippen LogP contribution >= 0.6 is 0 Å². The molecule has 0 bridgehead atoms. The molecule has 1 aliphatic heterocycles. The first-order valence-corrected chi connectivity index (χ1v) is 7.68. The molecule has 1 atom stereocenters. The number of aromatic nitrogens is 1. The number of carbonyl (C=O) groups excluding carboxylic acids is 2. The van der Waals surface area contributed by atoms with Gasteiger partial charge >= 0.3 is 0 Å². The van der Waals surface area contributed by atoms with Crippen LogP contribution in [0.1, 0.15) is 18.1 Å². The molecular formula is C18H19N3O3. The number of carbonyl (C=O) groups is 2. The molecule has 6 nitrogen and oxygen atoms in total. The molecule has 0 radical (unpaired) electrons. The van der Waals surface area contributed by atoms with Crippen LogP contribution in [0, 0.1) is 6.92 Å². The van der Waals surface area contributed by atoms with Crippen LogP contribution < -0.4 is 15.0 Å². The number of hydrogen-bond donors (Lipinski definition) is 1. The topological polar surface area (TPSA) is 71.5 Å². The molecule has 0 spiro atoms. The summed E-state index contributed by atoms with van der Waals surface area (Å²) in [5.41, 5.74) is 0.451. The SMILES string of the molecule is Cc1ccccc1CNC(=O)C1(C)Oc2cccnc2N(C)C1=O. The van der Waals surface area contributed by atoms with Gasteiger partial charge in [0, 0.05) is 19.8 Å². The zero-order chi connectivity index (χ0) is 17.3. The van der Waals surface area contributed by atoms with E-state index in [1.807, 2.05) is 31.2 Å². The van der Waals surface area contributed by atoms with Crippen molar-refractivity contribution in [3.05, 3.63) is 53.7 Å². The maximum atomic E-state index is 12.7. The lowest BCUT2D eigenvalue weighted by molar-refractivity contribution is -0.148. The predicted octanol–water partition coefficient (Wildman–Crippen LogP) is 1.82. The third kappa shape index (κ3) is 2.60. The van der Waals surface area contributed by atoms with Crippen LogP contribution in [0.5, 0.6) is 5.75 Å². The maximum absolute atomic E-state index is 12.7. The van der Waals surface area contributed by atoms with Gasteiger partial charge in [0.25, 0.3) is 17.4 Å². The average molecular weight is 325 g/mol. The second kappa shape index (κ2) is 5.96. The van der Waals surface area contributed by atoms with E-state index < -0.39 is 17.4 Å². The Morgan fingerprint density at radius 3 is 2.79 bits per heavy atom. The monoisotopic (exact) mass is 325 g/mol. The number of aryl methyl sites for hydroxylation is 1. The molecule has 1 aliphatic rings. The van der Waals surface area contributed by atoms with Crippen LogP contribution in [0.15, 0.2) is 42.6 Å². The summed E-state index contributed by atoms with van der Waals surface area (Å²) in [5.74, 6) is -0.104. The molecule has 2 heterocycles. The van der Waals surface area contributed by atoms with E-state index in [1.54, 1.807) is 25.4 Å². The van der Waals surface area contributed by atoms with Gasteiger partial charge in [-0.2, -0.15) is 0 Å². The lowest BCUT2D eigenvalue weighted by atomic mass is 10.0. The summed E-state index contributed by atoms with van der Waals surface area (Å²) >= 11 is 0. The zero-order valence-corrected chi connectivity index (χ0v) is 13.9. The Hall–Kier alpha value is -2.89. The van der Waals surface area contributed by atoms with Crippen molar-refractivity contribution in [2.45, 2.75) is 26.0 Å². The summed E-state index contributed by atoms with van der Waals surface area (Å²) in [4.78, 5) is 30.8. The Balaban J connectivity index is 1.81. The fourth-order valence-electron chi connectivity index (χ4n) is 2.69. The number of nitrogens with one attached hydrogen (secondary N) is 1. The van der Waals surface area contributed by atoms with E-state index in [2.05, 4.69) is 10.3 Å². The smallest absolute Gasteiger partial charge is 0.281 e. The highest BCUT2D eigenvalue weighted by molar-refractivity contribution is 6.15. The van der Waals surface area contributed by atoms with Gasteiger partial charge in [0.05, 0.1) is 0 Å². The molecule has 124 valence electrons. The number of nitrogens with zero attached hydrogens (tertiary/aromatic N) is 2. The molecule has 1 aromatic carbocycles. The fourth-order valence-corrected chi connectivity index (χ4v) is 2.69. The molecule has 6 heteroatoms. The van der Waals surface area contributed by atoms with Crippen molar-refractivity contribution >= 4 is 17.6 Å². The summed E-state index contributed by atoms with van der Waals surface area (Å²) in [6, 6.07) is 11.2. The van der Waals surface area contributed by atoms with Crippen molar-refractivity contribution in [2.24, 2.45) is 0 Å². The number of fused-ring (bicyclic) bond motifs is 1. The molecule has 3 rings (SSSR count). The number of benzene rings is 1. The van der Waals surface area contributed by atoms with Crippen molar-refractivity contribution in [2.75, 3.05) is 11.9 Å². The number of pyridine rings is 1. The Bertz CT molecular complexity index is 806. The molecule has 24 heavy (non-hydrogen) atoms. The van der Waals surface area contributed by atoms with Gasteiger partial charge in [0.15, 0.2) is 11.6 Å². The van der Waals surface area contributed by atoms with Gasteiger partial charge in [-0.05, 0) is 37.1 Å². The minimum atomic E-state index is -1.62. The molecule has 0 fully saturated rings. The second-order valence-electron chi connectivity index (χ2n) is 5.93. The Morgan fingerprint density at radius 1 is 1.29 bits per heavy atom. The number of ether oxygens (including phenoxy) is 1. The normalized spacial score (nSPS) is 19.5. The lowest BCUT2D eigenvalue weighted by Gasteiger charge is -2.36. The Kier molecular flexibility index (Phi) is 3.97. The number of anilines is 1. The van der Waals surface area contributed by atoms with Gasteiger partial charge in [-0.3, -0.25) is 14.5 Å². The summed E-state index contributed by atoms with van der Waals surface area (Å²) < 4.78 is 5.72. The van der Waals surface area contributed by atoms with Gasteiger partial charge in [-0.25, -0.2) is 4.98 Å². The minimum absolute atomic E-state index is 0.335. The lowest BCUT2D eigenvalue weighted by Crippen LogP contribution is -2.61. The highest BCUT2D eigenvalue weighted by Crippen LogP contribution is 2.35. The molecule has 2 amide bonds. The van der Waals surface area contributed by atoms with Gasteiger partial charge in [0.1, 0.15) is 0 Å². The van der Waals surface area contributed by atoms with E-state index in [4.69, 9.17) is 4.74 Å². The van der Waals surface area contributed by atoms with Crippen molar-refractivity contribution in [1.29, 1.82) is 0 Å². The number of likely N-dealkylation sites (N-methyl/N-ethyl adjacent to an activating group) is 1. The summed E-state index contributed by atoms with van der Waals surface area (Å²) in [5, 5.41) is 2.80. The largest absolute Gasteiger partial charge is 0.464 e. The summed E-state index contributed by atoms with van der Waals surface area (Å²) in [6.07, 6.45) is 1.58. The highest BCUT2D eigenvalue weighted by Gasteiger charge is 2.50. The van der Waals surface area contributed by atoms with Crippen molar-refractivity contribution in [3.8, 4) is 5.75 Å². The van der Waals surface area contributed by atoms with Gasteiger partial charge in [-0.15, -0.1) is 0 Å². The van der Waals surface area contributed by atoms with Crippen molar-refractivity contribution in [1.82, 2.24) is 10.3 Å². The van der Waals surface area contributed by atoms with Crippen LogP contribution in [0.4, 0.5) is 5.82 Å². The molecule has 0 aliphatic carbocycles. The molecule has 1 unspecified atom stereocenters. The van der Waals surface area contributed by atoms with E-state index in [0.717, 1.165) is 11.1 Å². The van der Waals surface area contributed by atoms with E-state index >= 15 is 0 Å². The first kappa shape index (κ1) is 16.0. The van der Waals surface area contributed by atoms with E-state index in [-0.39, 0.29) is 0 Å². The highest BCUT2D eigenvalue weighted by atomic mass is 16.5. The summed E-state index contributed by atoms with van der Waals surface area (Å²) in [7, 11) is 1.59. The molecular weight excluding hydrogens is 306 g/mol.